The van der Waals surface area contributed by atoms with Gasteiger partial charge in [-0.25, -0.2) is 4.39 Å². The summed E-state index contributed by atoms with van der Waals surface area (Å²) in [5.41, 5.74) is 4.21. The molecule has 1 amide bonds. The number of benzene rings is 4. The number of phenols is 1. The number of hydrogen-bond acceptors (Lipinski definition) is 8. The standard InChI is InChI=1S/C37H38FNO8/c38-25-13-10-23(11-14-25)29(41)17-16-28-33(39(37(28)46)26-4-2-1-3-5-26)27-15-12-24(19-30(27)42)22-8-6-21(7-9-22)18-31-34(43)36(45)35(44)32(20-40)47-31/h1-15,19,28-29,31-36,40-45H,16-18,20H2/t28-,29+,31+,32-,33-,34+,35-,36-/m1/s1. The third-order valence-electron chi connectivity index (χ3n) is 9.32. The van der Waals surface area contributed by atoms with Gasteiger partial charge in [0.15, 0.2) is 0 Å². The first-order valence-corrected chi connectivity index (χ1v) is 15.7. The third kappa shape index (κ3) is 6.66. The van der Waals surface area contributed by atoms with Crippen molar-refractivity contribution in [3.05, 3.63) is 120 Å². The molecule has 0 saturated carbocycles. The Balaban J connectivity index is 1.19. The van der Waals surface area contributed by atoms with Gasteiger partial charge in [-0.05, 0) is 65.4 Å². The third-order valence-corrected chi connectivity index (χ3v) is 9.32. The molecule has 0 bridgehead atoms. The van der Waals surface area contributed by atoms with Crippen LogP contribution in [0.3, 0.4) is 0 Å². The number of carbonyl (C=O) groups excluding carboxylic acids is 1. The highest BCUT2D eigenvalue weighted by Gasteiger charge is 2.49. The Hall–Kier alpha value is -4.16. The molecule has 0 aliphatic carbocycles. The second kappa shape index (κ2) is 13.9. The first-order chi connectivity index (χ1) is 22.7. The van der Waals surface area contributed by atoms with E-state index in [1.807, 2.05) is 66.7 Å². The van der Waals surface area contributed by atoms with Crippen LogP contribution in [0.1, 0.15) is 41.7 Å². The van der Waals surface area contributed by atoms with Crippen LogP contribution in [0.15, 0.2) is 97.1 Å². The van der Waals surface area contributed by atoms with Gasteiger partial charge in [0, 0.05) is 17.7 Å². The molecule has 47 heavy (non-hydrogen) atoms. The molecule has 6 rings (SSSR count). The molecule has 4 aromatic rings. The maximum absolute atomic E-state index is 13.5. The number of hydrogen-bond donors (Lipinski definition) is 6. The fraction of sp³-hybridized carbons (Fsp3) is 0.324. The normalized spacial score (nSPS) is 26.6. The highest BCUT2D eigenvalue weighted by Crippen LogP contribution is 2.49. The molecule has 0 radical (unpaired) electrons. The van der Waals surface area contributed by atoms with Crippen LogP contribution in [0, 0.1) is 11.7 Å². The number of carbonyl (C=O) groups is 1. The topological polar surface area (TPSA) is 151 Å². The van der Waals surface area contributed by atoms with Crippen molar-refractivity contribution in [1.82, 2.24) is 0 Å². The number of β-lactam (4-membered cyclic amide) rings is 1. The predicted molar refractivity (Wildman–Crippen MR) is 172 cm³/mol. The lowest BCUT2D eigenvalue weighted by atomic mass is 9.77. The van der Waals surface area contributed by atoms with Gasteiger partial charge in [-0.3, -0.25) is 4.79 Å². The minimum atomic E-state index is -1.44. The summed E-state index contributed by atoms with van der Waals surface area (Å²) in [5.74, 6) is -0.957. The van der Waals surface area contributed by atoms with E-state index in [0.717, 1.165) is 16.7 Å². The molecule has 2 aliphatic heterocycles. The number of aliphatic hydroxyl groups excluding tert-OH is 5. The number of anilines is 1. The largest absolute Gasteiger partial charge is 0.508 e. The van der Waals surface area contributed by atoms with Gasteiger partial charge in [0.05, 0.1) is 30.8 Å². The van der Waals surface area contributed by atoms with E-state index >= 15 is 0 Å². The summed E-state index contributed by atoms with van der Waals surface area (Å²) >= 11 is 0. The van der Waals surface area contributed by atoms with Crippen LogP contribution in [-0.2, 0) is 16.0 Å². The van der Waals surface area contributed by atoms with Crippen LogP contribution >= 0.6 is 0 Å². The molecule has 10 heteroatoms. The number of rotatable bonds is 10. The molecule has 2 aliphatic rings. The van der Waals surface area contributed by atoms with Gasteiger partial charge in [0.25, 0.3) is 0 Å². The van der Waals surface area contributed by atoms with Gasteiger partial charge in [-0.15, -0.1) is 0 Å². The minimum Gasteiger partial charge on any atom is -0.508 e. The highest BCUT2D eigenvalue weighted by atomic mass is 19.1. The Morgan fingerprint density at radius 2 is 1.47 bits per heavy atom. The molecule has 2 heterocycles. The quantitative estimate of drug-likeness (QED) is 0.143. The molecule has 246 valence electrons. The molecular weight excluding hydrogens is 605 g/mol. The van der Waals surface area contributed by atoms with Gasteiger partial charge in [-0.2, -0.15) is 0 Å². The van der Waals surface area contributed by atoms with Crippen LogP contribution in [-0.4, -0.2) is 73.7 Å². The maximum atomic E-state index is 13.5. The van der Waals surface area contributed by atoms with Gasteiger partial charge < -0.3 is 40.3 Å². The number of nitrogens with zero attached hydrogens (tertiary/aromatic N) is 1. The Bertz CT molecular complexity index is 1670. The lowest BCUT2D eigenvalue weighted by Gasteiger charge is -2.48. The smallest absolute Gasteiger partial charge is 0.233 e. The van der Waals surface area contributed by atoms with Crippen molar-refractivity contribution < 1.29 is 44.6 Å². The number of phenolic OH excluding ortho intramolecular Hbond substituents is 1. The summed E-state index contributed by atoms with van der Waals surface area (Å²) in [7, 11) is 0. The molecule has 0 spiro atoms. The molecule has 6 N–H and O–H groups in total. The molecule has 4 aromatic carbocycles. The van der Waals surface area contributed by atoms with E-state index in [2.05, 4.69) is 0 Å². The highest BCUT2D eigenvalue weighted by molar-refractivity contribution is 6.03. The zero-order chi connectivity index (χ0) is 33.2. The zero-order valence-electron chi connectivity index (χ0n) is 25.5. The molecule has 8 atom stereocenters. The first-order valence-electron chi connectivity index (χ1n) is 15.7. The van der Waals surface area contributed by atoms with E-state index in [9.17, 15) is 39.8 Å². The minimum absolute atomic E-state index is 0.0235. The number of aromatic hydroxyl groups is 1. The van der Waals surface area contributed by atoms with Crippen LogP contribution < -0.4 is 4.90 Å². The molecular formula is C37H38FNO8. The Labute approximate surface area is 271 Å². The van der Waals surface area contributed by atoms with Crippen molar-refractivity contribution in [3.63, 3.8) is 0 Å². The van der Waals surface area contributed by atoms with Crippen LogP contribution in [0.25, 0.3) is 11.1 Å². The van der Waals surface area contributed by atoms with E-state index in [1.165, 1.54) is 24.3 Å². The number of ether oxygens (including phenoxy) is 1. The van der Waals surface area contributed by atoms with Crippen molar-refractivity contribution in [2.75, 3.05) is 11.5 Å². The van der Waals surface area contributed by atoms with Gasteiger partial charge in [0.2, 0.25) is 5.91 Å². The average molecular weight is 644 g/mol. The first kappa shape index (κ1) is 32.8. The Kier molecular flexibility index (Phi) is 9.70. The van der Waals surface area contributed by atoms with Crippen molar-refractivity contribution in [2.45, 2.75) is 61.9 Å². The maximum Gasteiger partial charge on any atom is 0.233 e. The van der Waals surface area contributed by atoms with Crippen LogP contribution in [0.2, 0.25) is 0 Å². The van der Waals surface area contributed by atoms with Gasteiger partial charge in [0.1, 0.15) is 36.0 Å². The zero-order valence-corrected chi connectivity index (χ0v) is 25.5. The van der Waals surface area contributed by atoms with Crippen LogP contribution in [0.5, 0.6) is 5.75 Å². The molecule has 2 saturated heterocycles. The Morgan fingerprint density at radius 3 is 2.13 bits per heavy atom. The number of amides is 1. The van der Waals surface area contributed by atoms with E-state index < -0.39 is 61.0 Å². The van der Waals surface area contributed by atoms with Gasteiger partial charge in [-0.1, -0.05) is 66.7 Å². The van der Waals surface area contributed by atoms with E-state index in [-0.39, 0.29) is 24.5 Å². The molecule has 0 aromatic heterocycles. The summed E-state index contributed by atoms with van der Waals surface area (Å²) < 4.78 is 19.0. The lowest BCUT2D eigenvalue weighted by Crippen LogP contribution is -2.58. The number of halogens is 1. The van der Waals surface area contributed by atoms with Crippen molar-refractivity contribution >= 4 is 11.6 Å². The number of aliphatic hydroxyl groups is 5. The molecule has 2 fully saturated rings. The SMILES string of the molecule is O=C1[C@H](CC[C@H](O)c2ccc(F)cc2)[C@@H](c2ccc(-c3ccc(C[C@@H]4O[C@H](CO)[C@@H](O)[C@H](O)[C@H]4O)cc3)cc2O)N1c1ccccc1. The van der Waals surface area contributed by atoms with Gasteiger partial charge >= 0.3 is 0 Å². The summed E-state index contributed by atoms with van der Waals surface area (Å²) in [5, 5.41) is 62.1. The summed E-state index contributed by atoms with van der Waals surface area (Å²) in [6.07, 6.45) is -5.92. The van der Waals surface area contributed by atoms with Crippen LogP contribution in [0.4, 0.5) is 10.1 Å². The van der Waals surface area contributed by atoms with E-state index in [1.54, 1.807) is 11.0 Å². The fourth-order valence-electron chi connectivity index (χ4n) is 6.64. The lowest BCUT2D eigenvalue weighted by molar-refractivity contribution is -0.228. The van der Waals surface area contributed by atoms with E-state index in [0.29, 0.717) is 23.2 Å². The second-order valence-corrected chi connectivity index (χ2v) is 12.3. The predicted octanol–water partition coefficient (Wildman–Crippen LogP) is 3.80. The van der Waals surface area contributed by atoms with E-state index in [4.69, 9.17) is 4.74 Å². The van der Waals surface area contributed by atoms with Crippen molar-refractivity contribution in [1.29, 1.82) is 0 Å². The molecule has 9 nitrogen and oxygen atoms in total. The average Bonchev–Trinajstić information content (AvgIpc) is 3.08. The summed E-state index contributed by atoms with van der Waals surface area (Å²) in [4.78, 5) is 15.1. The summed E-state index contributed by atoms with van der Waals surface area (Å²) in [6.45, 7) is -0.489. The fourth-order valence-corrected chi connectivity index (χ4v) is 6.64. The van der Waals surface area contributed by atoms with Crippen molar-refractivity contribution in [3.8, 4) is 16.9 Å². The summed E-state index contributed by atoms with van der Waals surface area (Å²) in [6, 6.07) is 27.1. The Morgan fingerprint density at radius 1 is 0.809 bits per heavy atom. The number of para-hydroxylation sites is 1. The second-order valence-electron chi connectivity index (χ2n) is 12.3. The molecule has 0 unspecified atom stereocenters. The van der Waals surface area contributed by atoms with Crippen molar-refractivity contribution in [2.24, 2.45) is 5.92 Å². The monoisotopic (exact) mass is 643 g/mol.